The second kappa shape index (κ2) is 6.41. The third-order valence-electron chi connectivity index (χ3n) is 3.39. The third-order valence-corrected chi connectivity index (χ3v) is 3.39. The molecule has 1 amide bonds. The summed E-state index contributed by atoms with van der Waals surface area (Å²) < 4.78 is 2.19. The van der Waals surface area contributed by atoms with Crippen molar-refractivity contribution in [2.24, 2.45) is 0 Å². The molecule has 2 aromatic rings. The summed E-state index contributed by atoms with van der Waals surface area (Å²) in [5, 5.41) is 9.56. The van der Waals surface area contributed by atoms with Crippen LogP contribution in [0.5, 0.6) is 0 Å². The van der Waals surface area contributed by atoms with Crippen LogP contribution in [0.1, 0.15) is 23.4 Å². The fourth-order valence-electron chi connectivity index (χ4n) is 2.24. The molecule has 4 nitrogen and oxygen atoms in total. The minimum absolute atomic E-state index is 0.185. The predicted octanol–water partition coefficient (Wildman–Crippen LogP) is 3.35. The van der Waals surface area contributed by atoms with E-state index >= 15 is 0 Å². The second-order valence-corrected chi connectivity index (χ2v) is 5.07. The van der Waals surface area contributed by atoms with Gasteiger partial charge in [-0.15, -0.1) is 0 Å². The van der Waals surface area contributed by atoms with Crippen LogP contribution in [0, 0.1) is 13.8 Å². The van der Waals surface area contributed by atoms with Crippen LogP contribution in [0.15, 0.2) is 42.5 Å². The summed E-state index contributed by atoms with van der Waals surface area (Å²) >= 11 is 0. The highest BCUT2D eigenvalue weighted by Gasteiger charge is 2.03. The van der Waals surface area contributed by atoms with Gasteiger partial charge in [0.2, 0.25) is 5.91 Å². The Morgan fingerprint density at radius 2 is 1.71 bits per heavy atom. The van der Waals surface area contributed by atoms with E-state index in [9.17, 15) is 4.79 Å². The number of carbonyl (C=O) groups excluding carboxylic acids is 1. The van der Waals surface area contributed by atoms with E-state index in [2.05, 4.69) is 42.7 Å². The van der Waals surface area contributed by atoms with E-state index in [0.717, 1.165) is 11.3 Å². The first kappa shape index (κ1) is 15.1. The molecular formula is C17H20N2O2. The lowest BCUT2D eigenvalue weighted by Crippen LogP contribution is -2.21. The Bertz CT molecular complexity index is 632. The van der Waals surface area contributed by atoms with Crippen LogP contribution in [-0.2, 0) is 4.79 Å². The maximum atomic E-state index is 11.2. The molecule has 21 heavy (non-hydrogen) atoms. The van der Waals surface area contributed by atoms with E-state index in [-0.39, 0.29) is 12.3 Å². The SMILES string of the molecule is Cc1ccc(C)n1-c1ccc(/C=C/CC(=O)N(C)O)cc1. The lowest BCUT2D eigenvalue weighted by molar-refractivity contribution is -0.158. The molecule has 0 aliphatic heterocycles. The van der Waals surface area contributed by atoms with E-state index < -0.39 is 0 Å². The van der Waals surface area contributed by atoms with E-state index in [0.29, 0.717) is 5.06 Å². The molecule has 0 atom stereocenters. The van der Waals surface area contributed by atoms with Crippen molar-refractivity contribution >= 4 is 12.0 Å². The molecule has 0 saturated carbocycles. The van der Waals surface area contributed by atoms with Gasteiger partial charge in [-0.2, -0.15) is 0 Å². The van der Waals surface area contributed by atoms with Crippen molar-refractivity contribution in [2.45, 2.75) is 20.3 Å². The van der Waals surface area contributed by atoms with Gasteiger partial charge >= 0.3 is 0 Å². The Kier molecular flexibility index (Phi) is 4.60. The molecule has 0 fully saturated rings. The summed E-state index contributed by atoms with van der Waals surface area (Å²) in [6, 6.07) is 12.3. The molecule has 0 unspecified atom stereocenters. The van der Waals surface area contributed by atoms with Gasteiger partial charge in [-0.1, -0.05) is 24.3 Å². The minimum atomic E-state index is -0.332. The first-order valence-corrected chi connectivity index (χ1v) is 6.86. The van der Waals surface area contributed by atoms with E-state index in [1.54, 1.807) is 6.08 Å². The molecule has 1 heterocycles. The average Bonchev–Trinajstić information content (AvgIpc) is 2.79. The lowest BCUT2D eigenvalue weighted by Gasteiger charge is -2.09. The molecule has 0 aliphatic rings. The van der Waals surface area contributed by atoms with Crippen LogP contribution in [0.25, 0.3) is 11.8 Å². The Morgan fingerprint density at radius 1 is 1.14 bits per heavy atom. The number of nitrogens with zero attached hydrogens (tertiary/aromatic N) is 2. The Hall–Kier alpha value is -2.33. The highest BCUT2D eigenvalue weighted by molar-refractivity contribution is 5.77. The van der Waals surface area contributed by atoms with Gasteiger partial charge in [-0.25, -0.2) is 5.06 Å². The maximum absolute atomic E-state index is 11.2. The first-order valence-electron chi connectivity index (χ1n) is 6.86. The maximum Gasteiger partial charge on any atom is 0.249 e. The van der Waals surface area contributed by atoms with E-state index in [4.69, 9.17) is 5.21 Å². The van der Waals surface area contributed by atoms with Crippen molar-refractivity contribution in [3.8, 4) is 5.69 Å². The fourth-order valence-corrected chi connectivity index (χ4v) is 2.24. The molecule has 0 saturated heterocycles. The van der Waals surface area contributed by atoms with Crippen LogP contribution in [0.2, 0.25) is 0 Å². The molecule has 110 valence electrons. The van der Waals surface area contributed by atoms with E-state index in [1.807, 2.05) is 18.2 Å². The molecule has 0 aliphatic carbocycles. The topological polar surface area (TPSA) is 45.5 Å². The molecule has 1 aromatic heterocycles. The summed E-state index contributed by atoms with van der Waals surface area (Å²) in [5.41, 5.74) is 4.55. The fraction of sp³-hybridized carbons (Fsp3) is 0.235. The van der Waals surface area contributed by atoms with Crippen LogP contribution in [0.4, 0.5) is 0 Å². The van der Waals surface area contributed by atoms with Crippen LogP contribution < -0.4 is 0 Å². The van der Waals surface area contributed by atoms with Crippen molar-refractivity contribution in [3.63, 3.8) is 0 Å². The number of hydroxylamine groups is 2. The lowest BCUT2D eigenvalue weighted by atomic mass is 10.1. The largest absolute Gasteiger partial charge is 0.319 e. The standard InChI is InChI=1S/C17H20N2O2/c1-13-7-8-14(2)19(13)16-11-9-15(10-12-16)5-4-6-17(20)18(3)21/h4-5,7-12,21H,6H2,1-3H3/b5-4+. The van der Waals surface area contributed by atoms with Gasteiger partial charge in [0.15, 0.2) is 0 Å². The third kappa shape index (κ3) is 3.61. The van der Waals surface area contributed by atoms with Gasteiger partial charge in [0.1, 0.15) is 0 Å². The van der Waals surface area contributed by atoms with Crippen LogP contribution in [-0.4, -0.2) is 27.8 Å². The molecular weight excluding hydrogens is 264 g/mol. The van der Waals surface area contributed by atoms with Gasteiger partial charge in [-0.05, 0) is 43.7 Å². The summed E-state index contributed by atoms with van der Waals surface area (Å²) in [6.45, 7) is 4.16. The summed E-state index contributed by atoms with van der Waals surface area (Å²) in [7, 11) is 1.33. The number of amides is 1. The van der Waals surface area contributed by atoms with Gasteiger partial charge in [0.25, 0.3) is 0 Å². The highest BCUT2D eigenvalue weighted by atomic mass is 16.5. The zero-order valence-corrected chi connectivity index (χ0v) is 12.6. The number of rotatable bonds is 4. The van der Waals surface area contributed by atoms with Crippen LogP contribution in [0.3, 0.4) is 0 Å². The molecule has 0 bridgehead atoms. The van der Waals surface area contributed by atoms with Crippen molar-refractivity contribution < 1.29 is 10.0 Å². The zero-order valence-electron chi connectivity index (χ0n) is 12.6. The number of aryl methyl sites for hydroxylation is 2. The summed E-state index contributed by atoms with van der Waals surface area (Å²) in [6.07, 6.45) is 3.81. The van der Waals surface area contributed by atoms with Crippen molar-refractivity contribution in [1.29, 1.82) is 0 Å². The van der Waals surface area contributed by atoms with Crippen LogP contribution >= 0.6 is 0 Å². The molecule has 0 radical (unpaired) electrons. The smallest absolute Gasteiger partial charge is 0.249 e. The van der Waals surface area contributed by atoms with Crippen molar-refractivity contribution in [3.05, 3.63) is 59.4 Å². The number of benzene rings is 1. The second-order valence-electron chi connectivity index (χ2n) is 5.07. The Balaban J connectivity index is 2.09. The average molecular weight is 284 g/mol. The van der Waals surface area contributed by atoms with Gasteiger partial charge < -0.3 is 4.57 Å². The summed E-state index contributed by atoms with van der Waals surface area (Å²) in [4.78, 5) is 11.2. The molecule has 1 aromatic carbocycles. The Morgan fingerprint density at radius 3 is 2.24 bits per heavy atom. The number of carbonyl (C=O) groups is 1. The zero-order chi connectivity index (χ0) is 15.4. The quantitative estimate of drug-likeness (QED) is 0.691. The van der Waals surface area contributed by atoms with Gasteiger partial charge in [0.05, 0.1) is 0 Å². The normalized spacial score (nSPS) is 11.0. The van der Waals surface area contributed by atoms with E-state index in [1.165, 1.54) is 18.4 Å². The molecule has 2 rings (SSSR count). The van der Waals surface area contributed by atoms with Gasteiger partial charge in [-0.3, -0.25) is 10.0 Å². The van der Waals surface area contributed by atoms with Crippen molar-refractivity contribution in [2.75, 3.05) is 7.05 Å². The minimum Gasteiger partial charge on any atom is -0.319 e. The van der Waals surface area contributed by atoms with Gasteiger partial charge in [0, 0.05) is 30.5 Å². The molecule has 4 heteroatoms. The summed E-state index contributed by atoms with van der Waals surface area (Å²) in [5.74, 6) is -0.332. The molecule has 0 spiro atoms. The van der Waals surface area contributed by atoms with Crippen molar-refractivity contribution in [1.82, 2.24) is 9.63 Å². The molecule has 1 N–H and O–H groups in total. The predicted molar refractivity (Wildman–Crippen MR) is 83.5 cm³/mol. The number of hydrogen-bond acceptors (Lipinski definition) is 2. The number of aromatic nitrogens is 1. The number of hydrogen-bond donors (Lipinski definition) is 1. The highest BCUT2D eigenvalue weighted by Crippen LogP contribution is 2.17. The Labute approximate surface area is 124 Å². The monoisotopic (exact) mass is 284 g/mol. The first-order chi connectivity index (χ1) is 9.99.